The van der Waals surface area contributed by atoms with Crippen molar-refractivity contribution in [2.24, 2.45) is 5.92 Å². The van der Waals surface area contributed by atoms with E-state index in [0.29, 0.717) is 17.3 Å². The highest BCUT2D eigenvalue weighted by Crippen LogP contribution is 2.26. The van der Waals surface area contributed by atoms with E-state index >= 15 is 0 Å². The number of nitrogens with zero attached hydrogens (tertiary/aromatic N) is 2. The summed E-state index contributed by atoms with van der Waals surface area (Å²) in [4.78, 5) is 17.8. The Kier molecular flexibility index (Phi) is 3.84. The van der Waals surface area contributed by atoms with E-state index < -0.39 is 5.97 Å². The molecular formula is C14H20N2O2. The molecule has 18 heavy (non-hydrogen) atoms. The van der Waals surface area contributed by atoms with Gasteiger partial charge in [0.05, 0.1) is 0 Å². The van der Waals surface area contributed by atoms with Gasteiger partial charge in [-0.2, -0.15) is 0 Å². The zero-order valence-electron chi connectivity index (χ0n) is 11.0. The Labute approximate surface area is 108 Å². The zero-order chi connectivity index (χ0) is 13.1. The molecule has 4 heteroatoms. The second kappa shape index (κ2) is 5.38. The second-order valence-electron chi connectivity index (χ2n) is 4.99. The van der Waals surface area contributed by atoms with Crippen molar-refractivity contribution in [3.8, 4) is 0 Å². The van der Waals surface area contributed by atoms with Crippen LogP contribution < -0.4 is 4.90 Å². The third-order valence-corrected chi connectivity index (χ3v) is 3.64. The maximum absolute atomic E-state index is 11.3. The van der Waals surface area contributed by atoms with Crippen LogP contribution in [0.5, 0.6) is 0 Å². The molecule has 0 radical (unpaired) electrons. The van der Waals surface area contributed by atoms with E-state index in [1.165, 1.54) is 6.42 Å². The van der Waals surface area contributed by atoms with E-state index in [1.54, 1.807) is 12.1 Å². The quantitative estimate of drug-likeness (QED) is 0.893. The number of carboxylic acid groups (broad SMARTS) is 1. The Morgan fingerprint density at radius 3 is 3.00 bits per heavy atom. The van der Waals surface area contributed by atoms with E-state index in [2.05, 4.69) is 16.8 Å². The van der Waals surface area contributed by atoms with Crippen LogP contribution in [0.2, 0.25) is 0 Å². The predicted molar refractivity (Wildman–Crippen MR) is 71.2 cm³/mol. The van der Waals surface area contributed by atoms with Crippen LogP contribution in [-0.2, 0) is 0 Å². The van der Waals surface area contributed by atoms with Crippen LogP contribution in [0, 0.1) is 12.8 Å². The highest BCUT2D eigenvalue weighted by atomic mass is 16.4. The molecular weight excluding hydrogens is 228 g/mol. The molecule has 0 aliphatic carbocycles. The van der Waals surface area contributed by atoms with Crippen LogP contribution in [0.4, 0.5) is 5.82 Å². The van der Waals surface area contributed by atoms with Crippen molar-refractivity contribution in [3.63, 3.8) is 0 Å². The number of pyridine rings is 1. The molecule has 0 amide bonds. The first kappa shape index (κ1) is 12.9. The SMILES string of the molecule is CCC1CCCN(c2nc(C)ccc2C(=O)O)C1. The van der Waals surface area contributed by atoms with Crippen molar-refractivity contribution in [3.05, 3.63) is 23.4 Å². The minimum Gasteiger partial charge on any atom is -0.478 e. The molecule has 1 aliphatic heterocycles. The minimum atomic E-state index is -0.892. The number of rotatable bonds is 3. The maximum atomic E-state index is 11.3. The summed E-state index contributed by atoms with van der Waals surface area (Å²) in [7, 11) is 0. The number of aromatic nitrogens is 1. The van der Waals surface area contributed by atoms with E-state index in [4.69, 9.17) is 0 Å². The summed E-state index contributed by atoms with van der Waals surface area (Å²) in [5.74, 6) is 0.402. The molecule has 2 rings (SSSR count). The van der Waals surface area contributed by atoms with Crippen LogP contribution in [-0.4, -0.2) is 29.1 Å². The number of piperidine rings is 1. The van der Waals surface area contributed by atoms with E-state index in [0.717, 1.165) is 31.6 Å². The summed E-state index contributed by atoms with van der Waals surface area (Å²) in [6, 6.07) is 3.42. The number of hydrogen-bond acceptors (Lipinski definition) is 3. The summed E-state index contributed by atoms with van der Waals surface area (Å²) in [5.41, 5.74) is 1.19. The Balaban J connectivity index is 2.31. The van der Waals surface area contributed by atoms with Crippen LogP contribution in [0.15, 0.2) is 12.1 Å². The monoisotopic (exact) mass is 248 g/mol. The minimum absolute atomic E-state index is 0.317. The average molecular weight is 248 g/mol. The zero-order valence-corrected chi connectivity index (χ0v) is 11.0. The van der Waals surface area contributed by atoms with Crippen molar-refractivity contribution in [1.29, 1.82) is 0 Å². The molecule has 1 aromatic rings. The molecule has 0 bridgehead atoms. The Morgan fingerprint density at radius 1 is 1.56 bits per heavy atom. The van der Waals surface area contributed by atoms with Crippen LogP contribution in [0.1, 0.15) is 42.2 Å². The fraction of sp³-hybridized carbons (Fsp3) is 0.571. The van der Waals surface area contributed by atoms with Crippen molar-refractivity contribution >= 4 is 11.8 Å². The van der Waals surface area contributed by atoms with Crippen molar-refractivity contribution in [2.45, 2.75) is 33.1 Å². The second-order valence-corrected chi connectivity index (χ2v) is 4.99. The van der Waals surface area contributed by atoms with Crippen molar-refractivity contribution < 1.29 is 9.90 Å². The van der Waals surface area contributed by atoms with Crippen molar-refractivity contribution in [2.75, 3.05) is 18.0 Å². The highest BCUT2D eigenvalue weighted by Gasteiger charge is 2.23. The Bertz CT molecular complexity index is 445. The molecule has 0 saturated carbocycles. The molecule has 4 nitrogen and oxygen atoms in total. The first-order valence-electron chi connectivity index (χ1n) is 6.57. The topological polar surface area (TPSA) is 53.4 Å². The van der Waals surface area contributed by atoms with E-state index in [1.807, 2.05) is 6.92 Å². The lowest BCUT2D eigenvalue weighted by molar-refractivity contribution is 0.0697. The number of hydrogen-bond donors (Lipinski definition) is 1. The summed E-state index contributed by atoms with van der Waals surface area (Å²) in [6.45, 7) is 5.92. The molecule has 1 atom stereocenters. The largest absolute Gasteiger partial charge is 0.478 e. The van der Waals surface area contributed by atoms with Crippen LogP contribution in [0.25, 0.3) is 0 Å². The van der Waals surface area contributed by atoms with Gasteiger partial charge in [0.1, 0.15) is 11.4 Å². The molecule has 1 aromatic heterocycles. The molecule has 1 aliphatic rings. The van der Waals surface area contributed by atoms with Gasteiger partial charge in [-0.15, -0.1) is 0 Å². The fourth-order valence-corrected chi connectivity index (χ4v) is 2.54. The number of carbonyl (C=O) groups is 1. The van der Waals surface area contributed by atoms with Crippen LogP contribution in [0.3, 0.4) is 0 Å². The predicted octanol–water partition coefficient (Wildman–Crippen LogP) is 2.71. The molecule has 1 N–H and O–H groups in total. The summed E-state index contributed by atoms with van der Waals surface area (Å²) in [6.07, 6.45) is 3.50. The van der Waals surface area contributed by atoms with E-state index in [9.17, 15) is 9.90 Å². The van der Waals surface area contributed by atoms with Gasteiger partial charge in [-0.1, -0.05) is 13.3 Å². The summed E-state index contributed by atoms with van der Waals surface area (Å²) < 4.78 is 0. The Morgan fingerprint density at radius 2 is 2.33 bits per heavy atom. The number of aryl methyl sites for hydroxylation is 1. The molecule has 0 aromatic carbocycles. The lowest BCUT2D eigenvalue weighted by atomic mass is 9.95. The van der Waals surface area contributed by atoms with Gasteiger partial charge in [0.25, 0.3) is 0 Å². The van der Waals surface area contributed by atoms with Crippen molar-refractivity contribution in [1.82, 2.24) is 4.98 Å². The molecule has 1 saturated heterocycles. The molecule has 0 spiro atoms. The number of anilines is 1. The van der Waals surface area contributed by atoms with Gasteiger partial charge >= 0.3 is 5.97 Å². The first-order chi connectivity index (χ1) is 8.61. The average Bonchev–Trinajstić information content (AvgIpc) is 2.38. The number of aromatic carboxylic acids is 1. The lowest BCUT2D eigenvalue weighted by Gasteiger charge is -2.34. The molecule has 2 heterocycles. The number of carboxylic acids is 1. The van der Waals surface area contributed by atoms with Gasteiger partial charge in [0, 0.05) is 18.8 Å². The van der Waals surface area contributed by atoms with E-state index in [-0.39, 0.29) is 0 Å². The lowest BCUT2D eigenvalue weighted by Crippen LogP contribution is -2.36. The third-order valence-electron chi connectivity index (χ3n) is 3.64. The van der Waals surface area contributed by atoms with Gasteiger partial charge in [0.15, 0.2) is 0 Å². The third kappa shape index (κ3) is 2.63. The van der Waals surface area contributed by atoms with Crippen LogP contribution >= 0.6 is 0 Å². The van der Waals surface area contributed by atoms with Gasteiger partial charge in [-0.3, -0.25) is 0 Å². The summed E-state index contributed by atoms with van der Waals surface area (Å²) in [5, 5.41) is 9.24. The standard InChI is InChI=1S/C14H20N2O2/c1-3-11-5-4-8-16(9-11)13-12(14(17)18)7-6-10(2)15-13/h6-7,11H,3-5,8-9H2,1-2H3,(H,17,18). The molecule has 1 fully saturated rings. The Hall–Kier alpha value is -1.58. The van der Waals surface area contributed by atoms with Gasteiger partial charge < -0.3 is 10.0 Å². The molecule has 1 unspecified atom stereocenters. The first-order valence-corrected chi connectivity index (χ1v) is 6.57. The normalized spacial score (nSPS) is 19.9. The maximum Gasteiger partial charge on any atom is 0.339 e. The van der Waals surface area contributed by atoms with Gasteiger partial charge in [-0.05, 0) is 37.8 Å². The summed E-state index contributed by atoms with van der Waals surface area (Å²) >= 11 is 0. The molecule has 98 valence electrons. The highest BCUT2D eigenvalue weighted by molar-refractivity contribution is 5.93. The van der Waals surface area contributed by atoms with Gasteiger partial charge in [-0.25, -0.2) is 9.78 Å². The van der Waals surface area contributed by atoms with Gasteiger partial charge in [0.2, 0.25) is 0 Å². The smallest absolute Gasteiger partial charge is 0.339 e. The fourth-order valence-electron chi connectivity index (χ4n) is 2.54.